The van der Waals surface area contributed by atoms with E-state index in [2.05, 4.69) is 15.5 Å². The summed E-state index contributed by atoms with van der Waals surface area (Å²) in [5.74, 6) is -0.323. The summed E-state index contributed by atoms with van der Waals surface area (Å²) >= 11 is 7.56. The highest BCUT2D eigenvalue weighted by molar-refractivity contribution is 7.11. The minimum absolute atomic E-state index is 0.0299. The molecule has 1 atom stereocenters. The Morgan fingerprint density at radius 2 is 2.22 bits per heavy atom. The zero-order chi connectivity index (χ0) is 13.1. The van der Waals surface area contributed by atoms with E-state index >= 15 is 0 Å². The third kappa shape index (κ3) is 3.25. The van der Waals surface area contributed by atoms with Gasteiger partial charge in [-0.2, -0.15) is 0 Å². The van der Waals surface area contributed by atoms with Crippen LogP contribution in [-0.4, -0.2) is 10.2 Å². The Morgan fingerprint density at radius 3 is 2.83 bits per heavy atom. The maximum atomic E-state index is 12.9. The van der Waals surface area contributed by atoms with Crippen molar-refractivity contribution in [1.82, 2.24) is 15.5 Å². The van der Waals surface area contributed by atoms with Gasteiger partial charge in [0.05, 0.1) is 6.54 Å². The largest absolute Gasteiger partial charge is 0.304 e. The van der Waals surface area contributed by atoms with Crippen LogP contribution in [0.15, 0.2) is 18.2 Å². The fraction of sp³-hybridized carbons (Fsp3) is 0.333. The van der Waals surface area contributed by atoms with E-state index < -0.39 is 0 Å². The number of rotatable bonds is 4. The van der Waals surface area contributed by atoms with Crippen LogP contribution in [0.25, 0.3) is 0 Å². The topological polar surface area (TPSA) is 37.8 Å². The summed E-state index contributed by atoms with van der Waals surface area (Å²) in [6, 6.07) is 4.46. The highest BCUT2D eigenvalue weighted by atomic mass is 35.5. The second-order valence-electron chi connectivity index (χ2n) is 3.98. The lowest BCUT2D eigenvalue weighted by Crippen LogP contribution is -2.18. The van der Waals surface area contributed by atoms with E-state index in [1.54, 1.807) is 17.4 Å². The first-order valence-corrected chi connectivity index (χ1v) is 6.73. The van der Waals surface area contributed by atoms with Gasteiger partial charge >= 0.3 is 0 Å². The van der Waals surface area contributed by atoms with Gasteiger partial charge in [0.1, 0.15) is 15.8 Å². The molecule has 18 heavy (non-hydrogen) atoms. The van der Waals surface area contributed by atoms with Crippen molar-refractivity contribution < 1.29 is 4.39 Å². The van der Waals surface area contributed by atoms with E-state index in [-0.39, 0.29) is 11.9 Å². The maximum Gasteiger partial charge on any atom is 0.131 e. The Labute approximate surface area is 114 Å². The number of hydrogen-bond donors (Lipinski definition) is 1. The molecule has 0 fully saturated rings. The summed E-state index contributed by atoms with van der Waals surface area (Å²) in [5, 5.41) is 13.6. The molecule has 0 radical (unpaired) electrons. The van der Waals surface area contributed by atoms with E-state index in [9.17, 15) is 4.39 Å². The van der Waals surface area contributed by atoms with E-state index in [1.165, 1.54) is 12.1 Å². The summed E-state index contributed by atoms with van der Waals surface area (Å²) < 4.78 is 12.9. The van der Waals surface area contributed by atoms with Crippen LogP contribution >= 0.6 is 22.9 Å². The Hall–Kier alpha value is -1.04. The van der Waals surface area contributed by atoms with Crippen LogP contribution in [0, 0.1) is 12.7 Å². The van der Waals surface area contributed by atoms with Gasteiger partial charge in [-0.15, -0.1) is 21.5 Å². The maximum absolute atomic E-state index is 12.9. The lowest BCUT2D eigenvalue weighted by molar-refractivity contribution is 0.568. The van der Waals surface area contributed by atoms with Crippen LogP contribution in [0.4, 0.5) is 4.39 Å². The van der Waals surface area contributed by atoms with Crippen molar-refractivity contribution in [3.63, 3.8) is 0 Å². The summed E-state index contributed by atoms with van der Waals surface area (Å²) in [6.07, 6.45) is 0. The average molecular weight is 286 g/mol. The van der Waals surface area contributed by atoms with Crippen molar-refractivity contribution in [2.45, 2.75) is 26.4 Å². The van der Waals surface area contributed by atoms with Gasteiger partial charge in [-0.25, -0.2) is 4.39 Å². The van der Waals surface area contributed by atoms with E-state index in [4.69, 9.17) is 11.6 Å². The van der Waals surface area contributed by atoms with Gasteiger partial charge in [0, 0.05) is 11.1 Å². The molecule has 1 aromatic heterocycles. The molecule has 1 heterocycles. The Morgan fingerprint density at radius 1 is 1.44 bits per heavy atom. The fourth-order valence-electron chi connectivity index (χ4n) is 1.61. The van der Waals surface area contributed by atoms with Gasteiger partial charge in [0.25, 0.3) is 0 Å². The van der Waals surface area contributed by atoms with Crippen LogP contribution in [0.5, 0.6) is 0 Å². The first-order chi connectivity index (χ1) is 8.56. The molecule has 0 saturated carbocycles. The van der Waals surface area contributed by atoms with Gasteiger partial charge in [0.15, 0.2) is 0 Å². The normalized spacial score (nSPS) is 12.7. The molecular weight excluding hydrogens is 273 g/mol. The minimum atomic E-state index is -0.323. The number of aromatic nitrogens is 2. The Kier molecular flexibility index (Phi) is 4.27. The highest BCUT2D eigenvalue weighted by Gasteiger charge is 2.11. The molecule has 0 amide bonds. The first-order valence-electron chi connectivity index (χ1n) is 5.53. The number of aryl methyl sites for hydroxylation is 1. The molecule has 6 heteroatoms. The van der Waals surface area contributed by atoms with Gasteiger partial charge < -0.3 is 5.32 Å². The van der Waals surface area contributed by atoms with Crippen molar-refractivity contribution in [3.05, 3.63) is 44.6 Å². The molecule has 3 nitrogen and oxygen atoms in total. The number of nitrogens with one attached hydrogen (secondary N) is 1. The number of nitrogens with zero attached hydrogens (tertiary/aromatic N) is 2. The second kappa shape index (κ2) is 5.73. The standard InChI is InChI=1S/C12H13ClFN3S/c1-7(10-4-3-9(14)5-11(10)13)15-6-12-17-16-8(2)18-12/h3-5,7,15H,6H2,1-2H3/t7-/m0/s1. The molecule has 0 aliphatic carbocycles. The number of halogens is 2. The van der Waals surface area contributed by atoms with Crippen molar-refractivity contribution >= 4 is 22.9 Å². The van der Waals surface area contributed by atoms with Gasteiger partial charge in [-0.1, -0.05) is 17.7 Å². The van der Waals surface area contributed by atoms with Crippen LogP contribution < -0.4 is 5.32 Å². The minimum Gasteiger partial charge on any atom is -0.304 e. The van der Waals surface area contributed by atoms with E-state index in [0.29, 0.717) is 11.6 Å². The lowest BCUT2D eigenvalue weighted by atomic mass is 10.1. The van der Waals surface area contributed by atoms with Crippen LogP contribution in [-0.2, 0) is 6.54 Å². The van der Waals surface area contributed by atoms with Crippen LogP contribution in [0.3, 0.4) is 0 Å². The molecule has 2 aromatic rings. The smallest absolute Gasteiger partial charge is 0.131 e. The SMILES string of the molecule is Cc1nnc(CN[C@@H](C)c2ccc(F)cc2Cl)s1. The molecule has 1 N–H and O–H groups in total. The highest BCUT2D eigenvalue weighted by Crippen LogP contribution is 2.24. The fourth-order valence-corrected chi connectivity index (χ4v) is 2.60. The summed E-state index contributed by atoms with van der Waals surface area (Å²) in [7, 11) is 0. The van der Waals surface area contributed by atoms with Gasteiger partial charge in [-0.3, -0.25) is 0 Å². The predicted octanol–water partition coefficient (Wildman–Crippen LogP) is 3.49. The molecule has 0 aliphatic heterocycles. The molecule has 0 unspecified atom stereocenters. The lowest BCUT2D eigenvalue weighted by Gasteiger charge is -2.14. The first kappa shape index (κ1) is 13.4. The zero-order valence-electron chi connectivity index (χ0n) is 10.1. The Bertz CT molecular complexity index is 544. The molecule has 0 bridgehead atoms. The molecule has 0 saturated heterocycles. The summed E-state index contributed by atoms with van der Waals surface area (Å²) in [6.45, 7) is 4.52. The average Bonchev–Trinajstić information content (AvgIpc) is 2.72. The van der Waals surface area contributed by atoms with Crippen molar-refractivity contribution in [3.8, 4) is 0 Å². The predicted molar refractivity (Wildman–Crippen MR) is 71.3 cm³/mol. The second-order valence-corrected chi connectivity index (χ2v) is 5.66. The third-order valence-corrected chi connectivity index (χ3v) is 3.72. The molecule has 96 valence electrons. The van der Waals surface area contributed by atoms with Crippen molar-refractivity contribution in [2.75, 3.05) is 0 Å². The van der Waals surface area contributed by atoms with Crippen molar-refractivity contribution in [2.24, 2.45) is 0 Å². The number of benzene rings is 1. The summed E-state index contributed by atoms with van der Waals surface area (Å²) in [5.41, 5.74) is 0.874. The molecular formula is C12H13ClFN3S. The zero-order valence-corrected chi connectivity index (χ0v) is 11.6. The van der Waals surface area contributed by atoms with E-state index in [0.717, 1.165) is 15.6 Å². The monoisotopic (exact) mass is 285 g/mol. The third-order valence-electron chi connectivity index (χ3n) is 2.56. The molecule has 0 aliphatic rings. The van der Waals surface area contributed by atoms with Crippen LogP contribution in [0.1, 0.15) is 28.5 Å². The molecule has 1 aromatic carbocycles. The van der Waals surface area contributed by atoms with Crippen molar-refractivity contribution in [1.29, 1.82) is 0 Å². The van der Waals surface area contributed by atoms with Crippen LogP contribution in [0.2, 0.25) is 5.02 Å². The summed E-state index contributed by atoms with van der Waals surface area (Å²) in [4.78, 5) is 0. The van der Waals surface area contributed by atoms with Gasteiger partial charge in [0.2, 0.25) is 0 Å². The Balaban J connectivity index is 2.01. The molecule has 0 spiro atoms. The van der Waals surface area contributed by atoms with Gasteiger partial charge in [-0.05, 0) is 31.5 Å². The quantitative estimate of drug-likeness (QED) is 0.934. The molecule has 2 rings (SSSR count). The number of hydrogen-bond acceptors (Lipinski definition) is 4. The van der Waals surface area contributed by atoms with E-state index in [1.807, 2.05) is 13.8 Å².